The van der Waals surface area contributed by atoms with Crippen LogP contribution in [0, 0.1) is 0 Å². The SMILES string of the molecule is C=C(C)C=Cc1c(OC)cc(O)cc1-c1ccccc1. The summed E-state index contributed by atoms with van der Waals surface area (Å²) >= 11 is 0. The molecule has 2 aromatic rings. The number of phenolic OH excluding ortho intramolecular Hbond substituents is 1. The predicted molar refractivity (Wildman–Crippen MR) is 83.9 cm³/mol. The molecule has 2 rings (SSSR count). The first kappa shape index (κ1) is 13.9. The molecule has 0 aliphatic heterocycles. The average molecular weight is 266 g/mol. The molecule has 20 heavy (non-hydrogen) atoms. The van der Waals surface area contributed by atoms with Gasteiger partial charge in [-0.25, -0.2) is 0 Å². The number of ether oxygens (including phenoxy) is 1. The smallest absolute Gasteiger partial charge is 0.130 e. The van der Waals surface area contributed by atoms with Crippen molar-refractivity contribution in [3.05, 3.63) is 66.3 Å². The molecule has 0 saturated carbocycles. The third-order valence-corrected chi connectivity index (χ3v) is 2.97. The number of allylic oxidation sites excluding steroid dienone is 2. The van der Waals surface area contributed by atoms with Crippen LogP contribution in [0.4, 0.5) is 0 Å². The first-order valence-corrected chi connectivity index (χ1v) is 6.42. The Morgan fingerprint density at radius 1 is 1.20 bits per heavy atom. The molecular formula is C18H18O2. The van der Waals surface area contributed by atoms with Crippen LogP contribution in [0.1, 0.15) is 12.5 Å². The summed E-state index contributed by atoms with van der Waals surface area (Å²) in [5.41, 5.74) is 3.85. The van der Waals surface area contributed by atoms with Crippen LogP contribution in [0.3, 0.4) is 0 Å². The second kappa shape index (κ2) is 6.11. The van der Waals surface area contributed by atoms with Gasteiger partial charge in [-0.05, 0) is 24.1 Å². The molecule has 0 heterocycles. The van der Waals surface area contributed by atoms with Crippen molar-refractivity contribution in [3.63, 3.8) is 0 Å². The first-order chi connectivity index (χ1) is 9.61. The molecule has 0 atom stereocenters. The second-order valence-corrected chi connectivity index (χ2v) is 4.65. The third-order valence-electron chi connectivity index (χ3n) is 2.97. The number of aromatic hydroxyl groups is 1. The molecule has 102 valence electrons. The lowest BCUT2D eigenvalue weighted by atomic mass is 9.97. The minimum atomic E-state index is 0.188. The Morgan fingerprint density at radius 2 is 1.90 bits per heavy atom. The van der Waals surface area contributed by atoms with Crippen LogP contribution in [0.2, 0.25) is 0 Å². The molecule has 1 N–H and O–H groups in total. The molecule has 2 nitrogen and oxygen atoms in total. The molecular weight excluding hydrogens is 248 g/mol. The molecule has 0 fully saturated rings. The fraction of sp³-hybridized carbons (Fsp3) is 0.111. The van der Waals surface area contributed by atoms with Gasteiger partial charge in [-0.1, -0.05) is 54.6 Å². The summed E-state index contributed by atoms with van der Waals surface area (Å²) in [7, 11) is 1.60. The van der Waals surface area contributed by atoms with Crippen molar-refractivity contribution in [2.75, 3.05) is 7.11 Å². The molecule has 2 heteroatoms. The normalized spacial score (nSPS) is 10.7. The summed E-state index contributed by atoms with van der Waals surface area (Å²) in [5, 5.41) is 9.87. The molecule has 0 aromatic heterocycles. The number of hydrogen-bond acceptors (Lipinski definition) is 2. The highest BCUT2D eigenvalue weighted by Crippen LogP contribution is 2.36. The topological polar surface area (TPSA) is 29.5 Å². The Hall–Kier alpha value is -2.48. The second-order valence-electron chi connectivity index (χ2n) is 4.65. The zero-order chi connectivity index (χ0) is 14.5. The molecule has 0 aliphatic carbocycles. The van der Waals surface area contributed by atoms with Gasteiger partial charge >= 0.3 is 0 Å². The van der Waals surface area contributed by atoms with E-state index in [1.807, 2.05) is 49.4 Å². The van der Waals surface area contributed by atoms with E-state index in [9.17, 15) is 5.11 Å². The van der Waals surface area contributed by atoms with Gasteiger partial charge in [-0.15, -0.1) is 0 Å². The van der Waals surface area contributed by atoms with Crippen LogP contribution >= 0.6 is 0 Å². The van der Waals surface area contributed by atoms with Gasteiger partial charge in [-0.2, -0.15) is 0 Å². The van der Waals surface area contributed by atoms with Crippen molar-refractivity contribution in [1.29, 1.82) is 0 Å². The molecule has 0 bridgehead atoms. The van der Waals surface area contributed by atoms with E-state index in [-0.39, 0.29) is 5.75 Å². The molecule has 0 unspecified atom stereocenters. The predicted octanol–water partition coefficient (Wildman–Crippen LogP) is 4.66. The van der Waals surface area contributed by atoms with Crippen molar-refractivity contribution < 1.29 is 9.84 Å². The van der Waals surface area contributed by atoms with Gasteiger partial charge in [0.15, 0.2) is 0 Å². The summed E-state index contributed by atoms with van der Waals surface area (Å²) in [6.45, 7) is 5.80. The van der Waals surface area contributed by atoms with Crippen LogP contribution < -0.4 is 4.74 Å². The van der Waals surface area contributed by atoms with Crippen LogP contribution in [0.5, 0.6) is 11.5 Å². The van der Waals surface area contributed by atoms with Crippen molar-refractivity contribution in [2.24, 2.45) is 0 Å². The summed E-state index contributed by atoms with van der Waals surface area (Å²) < 4.78 is 5.38. The Kier molecular flexibility index (Phi) is 4.26. The highest BCUT2D eigenvalue weighted by molar-refractivity contribution is 5.80. The lowest BCUT2D eigenvalue weighted by molar-refractivity contribution is 0.407. The van der Waals surface area contributed by atoms with Crippen molar-refractivity contribution >= 4 is 6.08 Å². The Morgan fingerprint density at radius 3 is 2.50 bits per heavy atom. The van der Waals surface area contributed by atoms with E-state index in [1.165, 1.54) is 0 Å². The van der Waals surface area contributed by atoms with Crippen LogP contribution in [-0.2, 0) is 0 Å². The molecule has 2 aromatic carbocycles. The monoisotopic (exact) mass is 266 g/mol. The Balaban J connectivity index is 2.65. The van der Waals surface area contributed by atoms with Crippen molar-refractivity contribution in [1.82, 2.24) is 0 Å². The number of phenols is 1. The standard InChI is InChI=1S/C18H18O2/c1-13(2)9-10-16-17(14-7-5-4-6-8-14)11-15(19)12-18(16)20-3/h4-12,19H,1H2,2-3H3. The van der Waals surface area contributed by atoms with Crippen LogP contribution in [-0.4, -0.2) is 12.2 Å². The zero-order valence-electron chi connectivity index (χ0n) is 11.8. The summed E-state index contributed by atoms with van der Waals surface area (Å²) in [6, 6.07) is 13.3. The number of rotatable bonds is 4. The van der Waals surface area contributed by atoms with E-state index in [0.717, 1.165) is 22.3 Å². The van der Waals surface area contributed by atoms with E-state index in [2.05, 4.69) is 6.58 Å². The molecule has 0 radical (unpaired) electrons. The maximum Gasteiger partial charge on any atom is 0.130 e. The third kappa shape index (κ3) is 3.09. The fourth-order valence-corrected chi connectivity index (χ4v) is 2.04. The minimum Gasteiger partial charge on any atom is -0.508 e. The maximum absolute atomic E-state index is 9.87. The summed E-state index contributed by atoms with van der Waals surface area (Å²) in [4.78, 5) is 0. The van der Waals surface area contributed by atoms with E-state index in [0.29, 0.717) is 5.75 Å². The van der Waals surface area contributed by atoms with Gasteiger partial charge in [0.2, 0.25) is 0 Å². The zero-order valence-corrected chi connectivity index (χ0v) is 11.8. The van der Waals surface area contributed by atoms with Crippen molar-refractivity contribution in [3.8, 4) is 22.6 Å². The lowest BCUT2D eigenvalue weighted by Gasteiger charge is -2.12. The molecule has 0 amide bonds. The molecule has 0 aliphatic rings. The molecule has 0 spiro atoms. The highest BCUT2D eigenvalue weighted by atomic mass is 16.5. The average Bonchev–Trinajstić information content (AvgIpc) is 2.45. The van der Waals surface area contributed by atoms with Gasteiger partial charge in [0.1, 0.15) is 11.5 Å². The van der Waals surface area contributed by atoms with E-state index >= 15 is 0 Å². The van der Waals surface area contributed by atoms with E-state index < -0.39 is 0 Å². The van der Waals surface area contributed by atoms with Crippen LogP contribution in [0.15, 0.2) is 60.7 Å². The van der Waals surface area contributed by atoms with E-state index in [4.69, 9.17) is 4.74 Å². The quantitative estimate of drug-likeness (QED) is 0.816. The Bertz CT molecular complexity index is 640. The van der Waals surface area contributed by atoms with E-state index in [1.54, 1.807) is 19.2 Å². The van der Waals surface area contributed by atoms with Gasteiger partial charge in [-0.3, -0.25) is 0 Å². The summed E-state index contributed by atoms with van der Waals surface area (Å²) in [5.74, 6) is 0.828. The Labute approximate surface area is 119 Å². The van der Waals surface area contributed by atoms with Gasteiger partial charge in [0, 0.05) is 11.6 Å². The first-order valence-electron chi connectivity index (χ1n) is 6.42. The fourth-order valence-electron chi connectivity index (χ4n) is 2.04. The lowest BCUT2D eigenvalue weighted by Crippen LogP contribution is -1.91. The largest absolute Gasteiger partial charge is 0.508 e. The summed E-state index contributed by atoms with van der Waals surface area (Å²) in [6.07, 6.45) is 3.89. The highest BCUT2D eigenvalue weighted by Gasteiger charge is 2.10. The van der Waals surface area contributed by atoms with Crippen molar-refractivity contribution in [2.45, 2.75) is 6.92 Å². The van der Waals surface area contributed by atoms with Crippen LogP contribution in [0.25, 0.3) is 17.2 Å². The van der Waals surface area contributed by atoms with Gasteiger partial charge in [0.05, 0.1) is 7.11 Å². The number of benzene rings is 2. The minimum absolute atomic E-state index is 0.188. The van der Waals surface area contributed by atoms with Gasteiger partial charge in [0.25, 0.3) is 0 Å². The number of hydrogen-bond donors (Lipinski definition) is 1. The number of methoxy groups -OCH3 is 1. The molecule has 0 saturated heterocycles. The van der Waals surface area contributed by atoms with Gasteiger partial charge < -0.3 is 9.84 Å². The maximum atomic E-state index is 9.87.